The number of hydrogen-bond donors (Lipinski definition) is 1. The molecule has 3 nitrogen and oxygen atoms in total. The van der Waals surface area contributed by atoms with Crippen molar-refractivity contribution in [2.24, 2.45) is 11.3 Å². The lowest BCUT2D eigenvalue weighted by Gasteiger charge is -2.30. The van der Waals surface area contributed by atoms with E-state index < -0.39 is 0 Å². The van der Waals surface area contributed by atoms with Crippen LogP contribution in [-0.2, 0) is 11.3 Å². The first-order chi connectivity index (χ1) is 11.2. The van der Waals surface area contributed by atoms with E-state index >= 15 is 0 Å². The average molecular weight is 371 g/mol. The van der Waals surface area contributed by atoms with Crippen molar-refractivity contribution in [1.29, 1.82) is 0 Å². The number of hydrogen-bond acceptors (Lipinski definition) is 3. The Labute approximate surface area is 156 Å². The first kappa shape index (κ1) is 19.7. The van der Waals surface area contributed by atoms with Crippen molar-refractivity contribution >= 4 is 29.7 Å². The Hall–Kier alpha value is -0.580. The second-order valence-electron chi connectivity index (χ2n) is 7.37. The van der Waals surface area contributed by atoms with Crippen LogP contribution in [0.4, 0.5) is 0 Å². The number of carbonyl (C=O) groups is 1. The molecular weight excluding hydrogens is 340 g/mol. The lowest BCUT2D eigenvalue weighted by molar-refractivity contribution is -0.134. The van der Waals surface area contributed by atoms with Gasteiger partial charge >= 0.3 is 0 Å². The number of thiophene rings is 1. The van der Waals surface area contributed by atoms with Gasteiger partial charge in [0.05, 0.1) is 0 Å². The Morgan fingerprint density at radius 3 is 2.67 bits per heavy atom. The molecule has 24 heavy (non-hydrogen) atoms. The second kappa shape index (κ2) is 8.68. The molecule has 1 unspecified atom stereocenters. The minimum Gasteiger partial charge on any atom is -0.335 e. The number of piperidine rings is 1. The highest BCUT2D eigenvalue weighted by molar-refractivity contribution is 7.07. The summed E-state index contributed by atoms with van der Waals surface area (Å²) < 4.78 is 0. The summed E-state index contributed by atoms with van der Waals surface area (Å²) in [7, 11) is 0. The van der Waals surface area contributed by atoms with E-state index in [9.17, 15) is 4.79 Å². The summed E-state index contributed by atoms with van der Waals surface area (Å²) in [6.45, 7) is 7.45. The van der Waals surface area contributed by atoms with Crippen LogP contribution < -0.4 is 5.32 Å². The molecule has 136 valence electrons. The zero-order valence-corrected chi connectivity index (χ0v) is 16.6. The number of nitrogens with one attached hydrogen (secondary N) is 1. The summed E-state index contributed by atoms with van der Waals surface area (Å²) in [5.41, 5.74) is 1.72. The van der Waals surface area contributed by atoms with E-state index in [0.717, 1.165) is 38.9 Å². The van der Waals surface area contributed by atoms with Crippen molar-refractivity contribution in [1.82, 2.24) is 10.2 Å². The SMILES string of the molecule is CCC(CC)CC(=O)N(Cc1ccsc1)C1CC12CCNCC2.Cl. The van der Waals surface area contributed by atoms with Gasteiger partial charge in [-0.15, -0.1) is 12.4 Å². The first-order valence-electron chi connectivity index (χ1n) is 9.20. The van der Waals surface area contributed by atoms with Crippen molar-refractivity contribution in [3.05, 3.63) is 22.4 Å². The van der Waals surface area contributed by atoms with Crippen molar-refractivity contribution in [2.45, 2.75) is 65.0 Å². The third-order valence-electron chi connectivity index (χ3n) is 5.99. The minimum atomic E-state index is 0. The van der Waals surface area contributed by atoms with Gasteiger partial charge in [0.1, 0.15) is 0 Å². The summed E-state index contributed by atoms with van der Waals surface area (Å²) in [6.07, 6.45) is 6.62. The number of halogens is 1. The molecule has 1 aliphatic carbocycles. The van der Waals surface area contributed by atoms with Gasteiger partial charge in [-0.05, 0) is 66.1 Å². The van der Waals surface area contributed by atoms with Gasteiger partial charge in [0, 0.05) is 19.0 Å². The molecular formula is C19H31ClN2OS. The van der Waals surface area contributed by atoms with Crippen molar-refractivity contribution in [2.75, 3.05) is 13.1 Å². The maximum atomic E-state index is 13.0. The quantitative estimate of drug-likeness (QED) is 0.768. The molecule has 1 aliphatic heterocycles. The lowest BCUT2D eigenvalue weighted by atomic mass is 9.93. The lowest BCUT2D eigenvalue weighted by Crippen LogP contribution is -2.39. The van der Waals surface area contributed by atoms with Crippen LogP contribution in [0, 0.1) is 11.3 Å². The van der Waals surface area contributed by atoms with Crippen molar-refractivity contribution < 1.29 is 4.79 Å². The third-order valence-corrected chi connectivity index (χ3v) is 6.73. The molecule has 1 saturated heterocycles. The van der Waals surface area contributed by atoms with Crippen LogP contribution in [0.3, 0.4) is 0 Å². The fourth-order valence-electron chi connectivity index (χ4n) is 4.12. The van der Waals surface area contributed by atoms with Gasteiger partial charge in [0.15, 0.2) is 0 Å². The zero-order chi connectivity index (χ0) is 16.3. The Morgan fingerprint density at radius 2 is 2.08 bits per heavy atom. The highest BCUT2D eigenvalue weighted by atomic mass is 35.5. The van der Waals surface area contributed by atoms with Crippen LogP contribution in [0.15, 0.2) is 16.8 Å². The van der Waals surface area contributed by atoms with Crippen molar-refractivity contribution in [3.8, 4) is 0 Å². The second-order valence-corrected chi connectivity index (χ2v) is 8.15. The predicted octanol–water partition coefficient (Wildman–Crippen LogP) is 4.47. The van der Waals surface area contributed by atoms with Gasteiger partial charge in [-0.25, -0.2) is 0 Å². The van der Waals surface area contributed by atoms with E-state index in [2.05, 4.69) is 40.9 Å². The normalized spacial score (nSPS) is 21.5. The molecule has 3 rings (SSSR count). The number of nitrogens with zero attached hydrogens (tertiary/aromatic N) is 1. The van der Waals surface area contributed by atoms with Crippen LogP contribution in [0.25, 0.3) is 0 Å². The molecule has 1 amide bonds. The van der Waals surface area contributed by atoms with E-state index in [4.69, 9.17) is 0 Å². The van der Waals surface area contributed by atoms with E-state index in [-0.39, 0.29) is 12.4 Å². The molecule has 1 aromatic rings. The summed E-state index contributed by atoms with van der Waals surface area (Å²) in [6, 6.07) is 2.64. The highest BCUT2D eigenvalue weighted by Crippen LogP contribution is 2.56. The van der Waals surface area contributed by atoms with Gasteiger partial charge in [-0.2, -0.15) is 11.3 Å². The van der Waals surface area contributed by atoms with Crippen molar-refractivity contribution in [3.63, 3.8) is 0 Å². The van der Waals surface area contributed by atoms with E-state index in [0.29, 0.717) is 23.3 Å². The maximum absolute atomic E-state index is 13.0. The molecule has 1 aromatic heterocycles. The Balaban J connectivity index is 0.00000208. The van der Waals surface area contributed by atoms with E-state index in [1.165, 1.54) is 24.8 Å². The topological polar surface area (TPSA) is 32.3 Å². The van der Waals surface area contributed by atoms with Crippen LogP contribution in [-0.4, -0.2) is 29.9 Å². The van der Waals surface area contributed by atoms with E-state index in [1.54, 1.807) is 11.3 Å². The Bertz CT molecular complexity index is 509. The number of rotatable bonds is 7. The van der Waals surface area contributed by atoms with Gasteiger partial charge < -0.3 is 10.2 Å². The van der Waals surface area contributed by atoms with Crippen LogP contribution in [0.1, 0.15) is 57.9 Å². The number of amides is 1. The fraction of sp³-hybridized carbons (Fsp3) is 0.737. The summed E-state index contributed by atoms with van der Waals surface area (Å²) in [5.74, 6) is 0.917. The van der Waals surface area contributed by atoms with Gasteiger partial charge in [-0.1, -0.05) is 26.7 Å². The maximum Gasteiger partial charge on any atom is 0.223 e. The predicted molar refractivity (Wildman–Crippen MR) is 104 cm³/mol. The number of carbonyl (C=O) groups excluding carboxylic acids is 1. The molecule has 0 bridgehead atoms. The summed E-state index contributed by atoms with van der Waals surface area (Å²) in [5, 5.41) is 7.77. The Morgan fingerprint density at radius 1 is 1.38 bits per heavy atom. The zero-order valence-electron chi connectivity index (χ0n) is 14.9. The van der Waals surface area contributed by atoms with Crippen LogP contribution in [0.2, 0.25) is 0 Å². The van der Waals surface area contributed by atoms with Gasteiger partial charge in [0.2, 0.25) is 5.91 Å². The summed E-state index contributed by atoms with van der Waals surface area (Å²) in [4.78, 5) is 15.2. The molecule has 2 aliphatic rings. The third kappa shape index (κ3) is 4.33. The molecule has 1 saturated carbocycles. The fourth-order valence-corrected chi connectivity index (χ4v) is 4.78. The smallest absolute Gasteiger partial charge is 0.223 e. The van der Waals surface area contributed by atoms with Crippen LogP contribution >= 0.6 is 23.7 Å². The minimum absolute atomic E-state index is 0. The molecule has 1 atom stereocenters. The molecule has 1 spiro atoms. The monoisotopic (exact) mass is 370 g/mol. The largest absolute Gasteiger partial charge is 0.335 e. The molecule has 1 N–H and O–H groups in total. The summed E-state index contributed by atoms with van der Waals surface area (Å²) >= 11 is 1.73. The highest BCUT2D eigenvalue weighted by Gasteiger charge is 2.57. The molecule has 0 radical (unpaired) electrons. The molecule has 5 heteroatoms. The average Bonchev–Trinajstić information content (AvgIpc) is 3.00. The van der Waals surface area contributed by atoms with Gasteiger partial charge in [-0.3, -0.25) is 4.79 Å². The van der Waals surface area contributed by atoms with Crippen LogP contribution in [0.5, 0.6) is 0 Å². The molecule has 2 fully saturated rings. The molecule has 0 aromatic carbocycles. The standard InChI is InChI=1S/C19H30N2OS.ClH/c1-3-15(4-2)11-18(22)21(13-16-5-10-23-14-16)17-12-19(17)6-8-20-9-7-19;/h5,10,14-15,17,20H,3-4,6-9,11-13H2,1-2H3;1H. The Kier molecular flexibility index (Phi) is 7.14. The first-order valence-corrected chi connectivity index (χ1v) is 10.1. The molecule has 2 heterocycles. The van der Waals surface area contributed by atoms with E-state index in [1.807, 2.05) is 0 Å². The van der Waals surface area contributed by atoms with Gasteiger partial charge in [0.25, 0.3) is 0 Å².